The third-order valence-corrected chi connectivity index (χ3v) is 8.54. The number of aliphatic hydroxyl groups is 1. The molecule has 3 N–H and O–H groups in total. The maximum absolute atomic E-state index is 13.7. The van der Waals surface area contributed by atoms with Crippen LogP contribution in [0, 0.1) is 17.8 Å². The van der Waals surface area contributed by atoms with E-state index in [-0.39, 0.29) is 41.5 Å². The fourth-order valence-corrected chi connectivity index (χ4v) is 7.60. The third kappa shape index (κ3) is 3.56. The highest BCUT2D eigenvalue weighted by Gasteiger charge is 2.74. The van der Waals surface area contributed by atoms with Crippen LogP contribution in [0.5, 0.6) is 0 Å². The van der Waals surface area contributed by atoms with E-state index in [1.54, 1.807) is 16.7 Å². The minimum Gasteiger partial charge on any atom is -0.394 e. The number of amides is 3. The van der Waals surface area contributed by atoms with Crippen LogP contribution in [0.4, 0.5) is 0 Å². The van der Waals surface area contributed by atoms with Crippen molar-refractivity contribution in [1.29, 1.82) is 0 Å². The van der Waals surface area contributed by atoms with Gasteiger partial charge in [-0.3, -0.25) is 14.4 Å². The maximum Gasteiger partial charge on any atom is 0.244 e. The first kappa shape index (κ1) is 22.4. The molecule has 3 amide bonds. The molecule has 29 heavy (non-hydrogen) atoms. The van der Waals surface area contributed by atoms with Crippen molar-refractivity contribution in [1.82, 2.24) is 15.5 Å². The van der Waals surface area contributed by atoms with E-state index in [0.29, 0.717) is 6.54 Å². The van der Waals surface area contributed by atoms with Gasteiger partial charge in [0.2, 0.25) is 17.7 Å². The van der Waals surface area contributed by atoms with Crippen molar-refractivity contribution in [2.45, 2.75) is 82.0 Å². The van der Waals surface area contributed by atoms with E-state index in [1.165, 1.54) is 0 Å². The number of hydrogen-bond acceptors (Lipinski definition) is 5. The maximum atomic E-state index is 13.7. The molecule has 2 unspecified atom stereocenters. The summed E-state index contributed by atoms with van der Waals surface area (Å²) in [5.41, 5.74) is 0. The molecule has 164 valence electrons. The quantitative estimate of drug-likeness (QED) is 0.542. The zero-order valence-corrected chi connectivity index (χ0v) is 18.9. The Labute approximate surface area is 177 Å². The van der Waals surface area contributed by atoms with Gasteiger partial charge in [-0.25, -0.2) is 0 Å². The Morgan fingerprint density at radius 3 is 2.52 bits per heavy atom. The molecule has 0 aliphatic carbocycles. The Hall–Kier alpha value is -1.28. The molecule has 3 aliphatic heterocycles. The molecule has 0 aromatic heterocycles. The Balaban J connectivity index is 2.03. The molecule has 0 saturated carbocycles. The minimum absolute atomic E-state index is 0.00287. The molecule has 3 saturated heterocycles. The molecule has 3 aliphatic rings. The summed E-state index contributed by atoms with van der Waals surface area (Å²) >= 11 is 1.66. The molecule has 0 radical (unpaired) electrons. The zero-order valence-electron chi connectivity index (χ0n) is 18.1. The summed E-state index contributed by atoms with van der Waals surface area (Å²) in [6.45, 7) is 10.1. The average molecular weight is 426 g/mol. The van der Waals surface area contributed by atoms with Crippen molar-refractivity contribution in [2.75, 3.05) is 13.2 Å². The second kappa shape index (κ2) is 8.46. The topological polar surface area (TPSA) is 98.7 Å². The summed E-state index contributed by atoms with van der Waals surface area (Å²) < 4.78 is -0.586. The van der Waals surface area contributed by atoms with E-state index in [9.17, 15) is 19.5 Å². The van der Waals surface area contributed by atoms with E-state index >= 15 is 0 Å². The van der Waals surface area contributed by atoms with E-state index < -0.39 is 28.7 Å². The number of carbonyl (C=O) groups is 3. The van der Waals surface area contributed by atoms with Crippen molar-refractivity contribution in [3.63, 3.8) is 0 Å². The van der Waals surface area contributed by atoms with E-state index in [1.807, 2.05) is 34.6 Å². The van der Waals surface area contributed by atoms with Crippen LogP contribution in [0.3, 0.4) is 0 Å². The molecule has 3 fully saturated rings. The minimum atomic E-state index is -0.652. The molecule has 3 rings (SSSR count). The van der Waals surface area contributed by atoms with Crippen LogP contribution in [0.25, 0.3) is 0 Å². The van der Waals surface area contributed by atoms with Crippen LogP contribution >= 0.6 is 11.8 Å². The molecular weight excluding hydrogens is 390 g/mol. The van der Waals surface area contributed by atoms with Crippen molar-refractivity contribution in [2.24, 2.45) is 17.8 Å². The molecule has 8 heteroatoms. The fraction of sp³-hybridized carbons (Fsp3) is 0.857. The monoisotopic (exact) mass is 425 g/mol. The van der Waals surface area contributed by atoms with Crippen LogP contribution in [-0.2, 0) is 14.4 Å². The largest absolute Gasteiger partial charge is 0.394 e. The lowest BCUT2D eigenvalue weighted by atomic mass is 9.70. The van der Waals surface area contributed by atoms with Crippen molar-refractivity contribution >= 4 is 29.5 Å². The van der Waals surface area contributed by atoms with Gasteiger partial charge in [-0.05, 0) is 39.0 Å². The number of carbonyl (C=O) groups excluding carboxylic acids is 3. The van der Waals surface area contributed by atoms with Gasteiger partial charge in [-0.2, -0.15) is 0 Å². The van der Waals surface area contributed by atoms with Gasteiger partial charge in [0.25, 0.3) is 0 Å². The molecule has 6 atom stereocenters. The number of thioether (sulfide) groups is 1. The highest BCUT2D eigenvalue weighted by Crippen LogP contribution is 2.66. The first-order chi connectivity index (χ1) is 13.7. The summed E-state index contributed by atoms with van der Waals surface area (Å²) in [7, 11) is 0. The molecule has 1 spiro atoms. The normalized spacial score (nSPS) is 34.1. The van der Waals surface area contributed by atoms with Gasteiger partial charge in [0.1, 0.15) is 6.04 Å². The van der Waals surface area contributed by atoms with Gasteiger partial charge < -0.3 is 20.6 Å². The standard InChI is InChI=1S/C21H35N3O4S/c1-6-9-22-18(26)15-14-7-8-21(29-14)16(15)20(28)24(13(10-25)11(2)3)17(21)19(27)23-12(4)5/h11-17,25H,6-10H2,1-5H3,(H,22,26)(H,23,27)/t13-,14-,15+,16-,17?,21?/m0/s1. The lowest BCUT2D eigenvalue weighted by molar-refractivity contribution is -0.143. The summed E-state index contributed by atoms with van der Waals surface area (Å²) in [4.78, 5) is 41.6. The van der Waals surface area contributed by atoms with E-state index in [0.717, 1.165) is 19.3 Å². The number of fused-ring (bicyclic) bond motifs is 1. The number of aliphatic hydroxyl groups excluding tert-OH is 1. The number of nitrogens with zero attached hydrogens (tertiary/aromatic N) is 1. The number of likely N-dealkylation sites (tertiary alicyclic amines) is 1. The van der Waals surface area contributed by atoms with Gasteiger partial charge in [0, 0.05) is 17.8 Å². The zero-order chi connectivity index (χ0) is 21.5. The first-order valence-corrected chi connectivity index (χ1v) is 11.8. The van der Waals surface area contributed by atoms with Crippen LogP contribution in [-0.4, -0.2) is 69.0 Å². The van der Waals surface area contributed by atoms with E-state index in [4.69, 9.17) is 0 Å². The lowest BCUT2D eigenvalue weighted by Crippen LogP contribution is -2.58. The van der Waals surface area contributed by atoms with Gasteiger partial charge in [-0.15, -0.1) is 11.8 Å². The molecule has 3 heterocycles. The van der Waals surface area contributed by atoms with Gasteiger partial charge >= 0.3 is 0 Å². The molecular formula is C21H35N3O4S. The third-order valence-electron chi connectivity index (χ3n) is 6.58. The van der Waals surface area contributed by atoms with Crippen molar-refractivity contribution < 1.29 is 19.5 Å². The number of hydrogen-bond donors (Lipinski definition) is 3. The predicted octanol–water partition coefficient (Wildman–Crippen LogP) is 1.15. The second-order valence-electron chi connectivity index (χ2n) is 9.25. The van der Waals surface area contributed by atoms with Gasteiger partial charge in [-0.1, -0.05) is 20.8 Å². The Bertz CT molecular complexity index is 670. The van der Waals surface area contributed by atoms with Crippen molar-refractivity contribution in [3.05, 3.63) is 0 Å². The number of rotatable bonds is 8. The average Bonchev–Trinajstić information content (AvgIpc) is 3.27. The molecule has 0 aromatic rings. The lowest BCUT2D eigenvalue weighted by Gasteiger charge is -2.38. The summed E-state index contributed by atoms with van der Waals surface area (Å²) in [6, 6.07) is -1.14. The van der Waals surface area contributed by atoms with Gasteiger partial charge in [0.15, 0.2) is 0 Å². The highest BCUT2D eigenvalue weighted by molar-refractivity contribution is 8.02. The second-order valence-corrected chi connectivity index (χ2v) is 10.9. The number of nitrogens with one attached hydrogen (secondary N) is 2. The fourth-order valence-electron chi connectivity index (χ4n) is 5.40. The van der Waals surface area contributed by atoms with Crippen LogP contribution < -0.4 is 10.6 Å². The molecule has 0 aromatic carbocycles. The molecule has 7 nitrogen and oxygen atoms in total. The molecule has 2 bridgehead atoms. The van der Waals surface area contributed by atoms with E-state index in [2.05, 4.69) is 10.6 Å². The highest BCUT2D eigenvalue weighted by atomic mass is 32.2. The predicted molar refractivity (Wildman–Crippen MR) is 113 cm³/mol. The van der Waals surface area contributed by atoms with Gasteiger partial charge in [0.05, 0.1) is 29.2 Å². The Morgan fingerprint density at radius 1 is 1.28 bits per heavy atom. The van der Waals surface area contributed by atoms with Crippen molar-refractivity contribution in [3.8, 4) is 0 Å². The van der Waals surface area contributed by atoms with Crippen LogP contribution in [0.2, 0.25) is 0 Å². The van der Waals surface area contributed by atoms with Crippen LogP contribution in [0.1, 0.15) is 53.9 Å². The smallest absolute Gasteiger partial charge is 0.244 e. The Morgan fingerprint density at radius 2 is 1.97 bits per heavy atom. The van der Waals surface area contributed by atoms with Crippen LogP contribution in [0.15, 0.2) is 0 Å². The summed E-state index contributed by atoms with van der Waals surface area (Å²) in [5.74, 6) is -1.29. The summed E-state index contributed by atoms with van der Waals surface area (Å²) in [6.07, 6.45) is 2.42. The summed E-state index contributed by atoms with van der Waals surface area (Å²) in [5, 5.41) is 16.1. The first-order valence-electron chi connectivity index (χ1n) is 10.9. The SMILES string of the molecule is CCCNC(=O)[C@@H]1[C@@H]2CCC3(S2)C(C(=O)NC(C)C)N([C@@H](CO)C(C)C)C(=O)[C@H]13. The Kier molecular flexibility index (Phi) is 6.53.